The van der Waals surface area contributed by atoms with Gasteiger partial charge in [-0.15, -0.1) is 6.58 Å². The summed E-state index contributed by atoms with van der Waals surface area (Å²) in [6.07, 6.45) is 1.86. The molecule has 0 aliphatic carbocycles. The van der Waals surface area contributed by atoms with Crippen molar-refractivity contribution < 1.29 is 29.3 Å². The molecule has 0 radical (unpaired) electrons. The average molecular weight is 505 g/mol. The van der Waals surface area contributed by atoms with E-state index in [1.54, 1.807) is 35.2 Å². The largest absolute Gasteiger partial charge is 0.481 e. The van der Waals surface area contributed by atoms with Crippen LogP contribution < -0.4 is 4.90 Å². The van der Waals surface area contributed by atoms with Crippen LogP contribution in [0.2, 0.25) is 0 Å². The van der Waals surface area contributed by atoms with Gasteiger partial charge in [-0.05, 0) is 43.4 Å². The third-order valence-electron chi connectivity index (χ3n) is 8.24. The van der Waals surface area contributed by atoms with Gasteiger partial charge in [0.2, 0.25) is 5.91 Å². The van der Waals surface area contributed by atoms with Crippen molar-refractivity contribution in [1.29, 1.82) is 0 Å². The fourth-order valence-corrected chi connectivity index (χ4v) is 6.82. The molecule has 2 bridgehead atoms. The fourth-order valence-electron chi connectivity index (χ4n) is 6.82. The monoisotopic (exact) mass is 504 g/mol. The van der Waals surface area contributed by atoms with Gasteiger partial charge in [-0.2, -0.15) is 0 Å². The molecule has 6 atom stereocenters. The standard InChI is InChI=1S/C29H32N2O6/c1-4-15-30(24-17(2)9-8-10-18(24)3)27(34)25-29-14-13-21(37-29)22(28(35)36)23(29)26(33)31(25)20(16-32)19-11-6-5-7-12-19/h4-12,20-23,25,32H,1,13-16H2,2-3H3,(H,35,36)/t20-,21-,22+,23+,25-,29+/m1/s1. The Hall–Kier alpha value is -3.49. The van der Waals surface area contributed by atoms with Crippen molar-refractivity contribution in [3.05, 3.63) is 77.9 Å². The van der Waals surface area contributed by atoms with Crippen LogP contribution in [0.1, 0.15) is 35.6 Å². The summed E-state index contributed by atoms with van der Waals surface area (Å²) in [6.45, 7) is 7.47. The summed E-state index contributed by atoms with van der Waals surface area (Å²) in [7, 11) is 0. The molecule has 194 valence electrons. The number of anilines is 1. The lowest BCUT2D eigenvalue weighted by Crippen LogP contribution is -2.57. The van der Waals surface area contributed by atoms with Gasteiger partial charge in [-0.1, -0.05) is 54.6 Å². The number of hydrogen-bond donors (Lipinski definition) is 2. The highest BCUT2D eigenvalue weighted by atomic mass is 16.5. The number of carboxylic acid groups (broad SMARTS) is 1. The number of likely N-dealkylation sites (tertiary alicyclic amines) is 1. The first-order valence-corrected chi connectivity index (χ1v) is 12.6. The number of rotatable bonds is 8. The highest BCUT2D eigenvalue weighted by molar-refractivity contribution is 6.05. The molecular weight excluding hydrogens is 472 g/mol. The highest BCUT2D eigenvalue weighted by Gasteiger charge is 2.75. The molecule has 2 aromatic rings. The summed E-state index contributed by atoms with van der Waals surface area (Å²) in [5, 5.41) is 20.6. The Labute approximate surface area is 216 Å². The number of aliphatic hydroxyl groups is 1. The predicted molar refractivity (Wildman–Crippen MR) is 137 cm³/mol. The molecule has 3 saturated heterocycles. The molecule has 3 fully saturated rings. The van der Waals surface area contributed by atoms with E-state index in [-0.39, 0.29) is 12.5 Å². The molecule has 8 nitrogen and oxygen atoms in total. The van der Waals surface area contributed by atoms with Crippen molar-refractivity contribution in [2.75, 3.05) is 18.1 Å². The molecule has 2 aromatic carbocycles. The number of ether oxygens (including phenoxy) is 1. The number of fused-ring (bicyclic) bond motifs is 1. The van der Waals surface area contributed by atoms with Crippen LogP contribution in [0, 0.1) is 25.7 Å². The van der Waals surface area contributed by atoms with E-state index in [2.05, 4.69) is 6.58 Å². The Balaban J connectivity index is 1.68. The van der Waals surface area contributed by atoms with Crippen LogP contribution in [0.15, 0.2) is 61.2 Å². The lowest BCUT2D eigenvalue weighted by molar-refractivity contribution is -0.151. The van der Waals surface area contributed by atoms with Gasteiger partial charge in [0.15, 0.2) is 0 Å². The van der Waals surface area contributed by atoms with E-state index in [9.17, 15) is 24.6 Å². The second kappa shape index (κ2) is 9.43. The summed E-state index contributed by atoms with van der Waals surface area (Å²) >= 11 is 0. The molecule has 37 heavy (non-hydrogen) atoms. The number of carbonyl (C=O) groups excluding carboxylic acids is 2. The zero-order valence-electron chi connectivity index (χ0n) is 21.0. The average Bonchev–Trinajstić information content (AvgIpc) is 3.52. The summed E-state index contributed by atoms with van der Waals surface area (Å²) in [4.78, 5) is 44.1. The van der Waals surface area contributed by atoms with E-state index in [0.717, 1.165) is 16.8 Å². The summed E-state index contributed by atoms with van der Waals surface area (Å²) < 4.78 is 6.35. The molecule has 0 unspecified atom stereocenters. The zero-order chi connectivity index (χ0) is 26.5. The number of amides is 2. The smallest absolute Gasteiger partial charge is 0.310 e. The molecule has 2 amide bonds. The Morgan fingerprint density at radius 3 is 2.46 bits per heavy atom. The quantitative estimate of drug-likeness (QED) is 0.535. The van der Waals surface area contributed by atoms with Crippen LogP contribution in [-0.4, -0.2) is 63.8 Å². The summed E-state index contributed by atoms with van der Waals surface area (Å²) in [5.74, 6) is -3.97. The number of aliphatic hydroxyl groups excluding tert-OH is 1. The third kappa shape index (κ3) is 3.69. The minimum Gasteiger partial charge on any atom is -0.481 e. The molecule has 1 spiro atoms. The maximum atomic E-state index is 14.6. The number of carboxylic acids is 1. The molecule has 8 heteroatoms. The van der Waals surface area contributed by atoms with E-state index in [1.165, 1.54) is 4.90 Å². The van der Waals surface area contributed by atoms with Crippen molar-refractivity contribution >= 4 is 23.5 Å². The number of para-hydroxylation sites is 1. The minimum atomic E-state index is -1.28. The van der Waals surface area contributed by atoms with Crippen LogP contribution in [0.3, 0.4) is 0 Å². The van der Waals surface area contributed by atoms with E-state index in [4.69, 9.17) is 4.74 Å². The first-order chi connectivity index (χ1) is 17.8. The third-order valence-corrected chi connectivity index (χ3v) is 8.24. The molecule has 3 aliphatic heterocycles. The number of aliphatic carboxylic acids is 1. The number of hydrogen-bond acceptors (Lipinski definition) is 5. The Kier molecular flexibility index (Phi) is 6.41. The second-order valence-electron chi connectivity index (χ2n) is 10.2. The van der Waals surface area contributed by atoms with Crippen LogP contribution >= 0.6 is 0 Å². The van der Waals surface area contributed by atoms with Gasteiger partial charge in [0.25, 0.3) is 5.91 Å². The highest BCUT2D eigenvalue weighted by Crippen LogP contribution is 2.60. The zero-order valence-corrected chi connectivity index (χ0v) is 21.0. The molecule has 0 saturated carbocycles. The lowest BCUT2D eigenvalue weighted by Gasteiger charge is -2.40. The number of benzene rings is 2. The van der Waals surface area contributed by atoms with Gasteiger partial charge < -0.3 is 24.7 Å². The van der Waals surface area contributed by atoms with E-state index < -0.39 is 54.1 Å². The van der Waals surface area contributed by atoms with Crippen molar-refractivity contribution in [1.82, 2.24) is 4.90 Å². The first-order valence-electron chi connectivity index (χ1n) is 12.6. The van der Waals surface area contributed by atoms with Gasteiger partial charge in [0, 0.05) is 12.2 Å². The van der Waals surface area contributed by atoms with Crippen LogP contribution in [0.5, 0.6) is 0 Å². The predicted octanol–water partition coefficient (Wildman–Crippen LogP) is 3.02. The first kappa shape index (κ1) is 25.2. The number of nitrogens with zero attached hydrogens (tertiary/aromatic N) is 2. The molecule has 2 N–H and O–H groups in total. The molecule has 3 aliphatic rings. The van der Waals surface area contributed by atoms with Crippen molar-refractivity contribution in [2.45, 2.75) is 50.5 Å². The topological polar surface area (TPSA) is 107 Å². The Bertz CT molecular complexity index is 1230. The van der Waals surface area contributed by atoms with Crippen LogP contribution in [0.4, 0.5) is 5.69 Å². The number of aryl methyl sites for hydroxylation is 2. The number of carbonyl (C=O) groups is 3. The van der Waals surface area contributed by atoms with Gasteiger partial charge in [0.1, 0.15) is 11.6 Å². The maximum absolute atomic E-state index is 14.6. The van der Waals surface area contributed by atoms with E-state index >= 15 is 0 Å². The molecular formula is C29H32N2O6. The normalized spacial score (nSPS) is 28.7. The fraction of sp³-hybridized carbons (Fsp3) is 0.414. The summed E-state index contributed by atoms with van der Waals surface area (Å²) in [6, 6.07) is 12.8. The Morgan fingerprint density at radius 2 is 1.86 bits per heavy atom. The van der Waals surface area contributed by atoms with E-state index in [1.807, 2.05) is 38.1 Å². The second-order valence-corrected chi connectivity index (χ2v) is 10.2. The van der Waals surface area contributed by atoms with Crippen molar-refractivity contribution in [3.63, 3.8) is 0 Å². The van der Waals surface area contributed by atoms with Gasteiger partial charge in [0.05, 0.1) is 30.6 Å². The van der Waals surface area contributed by atoms with E-state index in [0.29, 0.717) is 18.4 Å². The van der Waals surface area contributed by atoms with Gasteiger partial charge in [-0.3, -0.25) is 14.4 Å². The van der Waals surface area contributed by atoms with Gasteiger partial charge >= 0.3 is 5.97 Å². The molecule has 0 aromatic heterocycles. The molecule has 5 rings (SSSR count). The van der Waals surface area contributed by atoms with Gasteiger partial charge in [-0.25, -0.2) is 0 Å². The minimum absolute atomic E-state index is 0.199. The van der Waals surface area contributed by atoms with Crippen molar-refractivity contribution in [3.8, 4) is 0 Å². The summed E-state index contributed by atoms with van der Waals surface area (Å²) in [5.41, 5.74) is 1.89. The lowest BCUT2D eigenvalue weighted by atomic mass is 9.70. The molecule has 3 heterocycles. The van der Waals surface area contributed by atoms with Crippen molar-refractivity contribution in [2.24, 2.45) is 11.8 Å². The van der Waals surface area contributed by atoms with Crippen LogP contribution in [0.25, 0.3) is 0 Å². The Morgan fingerprint density at radius 1 is 1.19 bits per heavy atom. The maximum Gasteiger partial charge on any atom is 0.310 e. The SMILES string of the molecule is C=CCN(C(=O)[C@H]1N([C@H](CO)c2ccccc2)C(=O)[C@@H]2[C@@H](C(=O)O)[C@H]3CC[C@]21O3)c1c(C)cccc1C. The van der Waals surface area contributed by atoms with Crippen LogP contribution in [-0.2, 0) is 19.1 Å².